The number of ether oxygens (including phenoxy) is 1. The Labute approximate surface area is 173 Å². The Morgan fingerprint density at radius 3 is 2.38 bits per heavy atom. The van der Waals surface area contributed by atoms with Gasteiger partial charge < -0.3 is 9.64 Å². The Morgan fingerprint density at radius 1 is 1.07 bits per heavy atom. The van der Waals surface area contributed by atoms with Crippen molar-refractivity contribution in [3.8, 4) is 0 Å². The number of rotatable bonds is 6. The number of nitrogens with zero attached hydrogens (tertiary/aromatic N) is 4. The molecule has 1 aromatic carbocycles. The van der Waals surface area contributed by atoms with Crippen LogP contribution in [0.25, 0.3) is 0 Å². The maximum atomic E-state index is 11.9. The summed E-state index contributed by atoms with van der Waals surface area (Å²) < 4.78 is 30.7. The predicted molar refractivity (Wildman–Crippen MR) is 115 cm³/mol. The zero-order chi connectivity index (χ0) is 21.2. The summed E-state index contributed by atoms with van der Waals surface area (Å²) in [5, 5.41) is 0. The van der Waals surface area contributed by atoms with Gasteiger partial charge in [0.05, 0.1) is 18.6 Å². The first-order valence-electron chi connectivity index (χ1n) is 9.80. The fourth-order valence-corrected chi connectivity index (χ4v) is 4.58. The number of hydrogen-bond acceptors (Lipinski definition) is 6. The Balaban J connectivity index is 1.99. The van der Waals surface area contributed by atoms with Crippen molar-refractivity contribution in [3.63, 3.8) is 0 Å². The highest BCUT2D eigenvalue weighted by Gasteiger charge is 2.27. The van der Waals surface area contributed by atoms with Gasteiger partial charge in [0.1, 0.15) is 11.6 Å². The third-order valence-electron chi connectivity index (χ3n) is 5.34. The molecule has 0 atom stereocenters. The van der Waals surface area contributed by atoms with Gasteiger partial charge in [0.25, 0.3) is 0 Å². The standard InChI is InChI=1S/C21H30N4O3S/c1-15-6-7-16(2)18(12-15)13-19-20(14-28-4)22-17(3)23-21(19)24-8-10-25(11-9-24)29(5,26)27/h6-7,12H,8-11,13-14H2,1-5H3. The molecule has 0 unspecified atom stereocenters. The molecule has 0 amide bonds. The van der Waals surface area contributed by atoms with Gasteiger partial charge in [0, 0.05) is 45.3 Å². The van der Waals surface area contributed by atoms with Gasteiger partial charge in [0.15, 0.2) is 0 Å². The van der Waals surface area contributed by atoms with E-state index in [4.69, 9.17) is 9.72 Å². The van der Waals surface area contributed by atoms with E-state index in [0.29, 0.717) is 45.0 Å². The maximum absolute atomic E-state index is 11.9. The van der Waals surface area contributed by atoms with Crippen molar-refractivity contribution < 1.29 is 13.2 Å². The summed E-state index contributed by atoms with van der Waals surface area (Å²) >= 11 is 0. The van der Waals surface area contributed by atoms with Crippen LogP contribution in [-0.4, -0.2) is 62.2 Å². The Morgan fingerprint density at radius 2 is 1.76 bits per heavy atom. The second kappa shape index (κ2) is 8.77. The molecular weight excluding hydrogens is 388 g/mol. The Hall–Kier alpha value is -2.03. The van der Waals surface area contributed by atoms with Crippen LogP contribution in [0.5, 0.6) is 0 Å². The lowest BCUT2D eigenvalue weighted by molar-refractivity contribution is 0.180. The van der Waals surface area contributed by atoms with Crippen molar-refractivity contribution in [2.45, 2.75) is 33.8 Å². The summed E-state index contributed by atoms with van der Waals surface area (Å²) in [6.07, 6.45) is 1.98. The van der Waals surface area contributed by atoms with E-state index < -0.39 is 10.0 Å². The normalized spacial score (nSPS) is 15.7. The number of aryl methyl sites for hydroxylation is 3. The molecule has 158 valence electrons. The minimum absolute atomic E-state index is 0.417. The van der Waals surface area contributed by atoms with Crippen LogP contribution >= 0.6 is 0 Å². The Kier molecular flexibility index (Phi) is 6.55. The summed E-state index contributed by atoms with van der Waals surface area (Å²) in [5.41, 5.74) is 5.63. The summed E-state index contributed by atoms with van der Waals surface area (Å²) in [4.78, 5) is 11.6. The summed E-state index contributed by atoms with van der Waals surface area (Å²) in [5.74, 6) is 1.58. The van der Waals surface area contributed by atoms with E-state index in [-0.39, 0.29) is 0 Å². The molecule has 1 aromatic heterocycles. The van der Waals surface area contributed by atoms with E-state index in [2.05, 4.69) is 41.9 Å². The number of anilines is 1. The SMILES string of the molecule is COCc1nc(C)nc(N2CCN(S(C)(=O)=O)CC2)c1Cc1cc(C)ccc1C. The highest BCUT2D eigenvalue weighted by atomic mass is 32.2. The van der Waals surface area contributed by atoms with E-state index >= 15 is 0 Å². The minimum Gasteiger partial charge on any atom is -0.378 e. The highest BCUT2D eigenvalue weighted by molar-refractivity contribution is 7.88. The van der Waals surface area contributed by atoms with Gasteiger partial charge in [-0.3, -0.25) is 0 Å². The number of methoxy groups -OCH3 is 1. The predicted octanol–water partition coefficient (Wildman–Crippen LogP) is 2.22. The third-order valence-corrected chi connectivity index (χ3v) is 6.65. The zero-order valence-electron chi connectivity index (χ0n) is 17.9. The average Bonchev–Trinajstić information content (AvgIpc) is 2.66. The van der Waals surface area contributed by atoms with Gasteiger partial charge in [-0.2, -0.15) is 4.31 Å². The second-order valence-electron chi connectivity index (χ2n) is 7.71. The van der Waals surface area contributed by atoms with Crippen LogP contribution in [0, 0.1) is 20.8 Å². The third kappa shape index (κ3) is 5.12. The molecular formula is C21H30N4O3S. The molecule has 0 aliphatic carbocycles. The first kappa shape index (κ1) is 21.7. The fourth-order valence-electron chi connectivity index (χ4n) is 3.75. The Bertz CT molecular complexity index is 984. The smallest absolute Gasteiger partial charge is 0.211 e. The molecule has 1 saturated heterocycles. The molecule has 0 N–H and O–H groups in total. The molecule has 29 heavy (non-hydrogen) atoms. The molecule has 7 nitrogen and oxygen atoms in total. The quantitative estimate of drug-likeness (QED) is 0.716. The minimum atomic E-state index is -3.17. The van der Waals surface area contributed by atoms with E-state index in [1.807, 2.05) is 6.92 Å². The van der Waals surface area contributed by atoms with Crippen LogP contribution in [0.4, 0.5) is 5.82 Å². The van der Waals surface area contributed by atoms with Gasteiger partial charge >= 0.3 is 0 Å². The lowest BCUT2D eigenvalue weighted by Crippen LogP contribution is -2.49. The van der Waals surface area contributed by atoms with Gasteiger partial charge in [-0.1, -0.05) is 23.8 Å². The van der Waals surface area contributed by atoms with E-state index in [1.54, 1.807) is 7.11 Å². The van der Waals surface area contributed by atoms with Crippen LogP contribution in [0.15, 0.2) is 18.2 Å². The van der Waals surface area contributed by atoms with Gasteiger partial charge in [0.2, 0.25) is 10.0 Å². The number of benzene rings is 1. The van der Waals surface area contributed by atoms with Gasteiger partial charge in [-0.15, -0.1) is 0 Å². The second-order valence-corrected chi connectivity index (χ2v) is 9.69. The van der Waals surface area contributed by atoms with E-state index in [9.17, 15) is 8.42 Å². The van der Waals surface area contributed by atoms with Gasteiger partial charge in [-0.25, -0.2) is 18.4 Å². The first-order valence-corrected chi connectivity index (χ1v) is 11.7. The summed E-state index contributed by atoms with van der Waals surface area (Å²) in [6, 6.07) is 6.46. The fraction of sp³-hybridized carbons (Fsp3) is 0.524. The highest BCUT2D eigenvalue weighted by Crippen LogP contribution is 2.27. The van der Waals surface area contributed by atoms with Crippen LogP contribution in [0.3, 0.4) is 0 Å². The average molecular weight is 419 g/mol. The first-order chi connectivity index (χ1) is 13.7. The largest absolute Gasteiger partial charge is 0.378 e. The summed E-state index contributed by atoms with van der Waals surface area (Å²) in [6.45, 7) is 8.65. The lowest BCUT2D eigenvalue weighted by atomic mass is 9.97. The van der Waals surface area contributed by atoms with Crippen molar-refractivity contribution in [3.05, 3.63) is 52.0 Å². The van der Waals surface area contributed by atoms with Crippen molar-refractivity contribution in [2.24, 2.45) is 0 Å². The number of aromatic nitrogens is 2. The van der Waals surface area contributed by atoms with E-state index in [0.717, 1.165) is 17.1 Å². The molecule has 2 heterocycles. The zero-order valence-corrected chi connectivity index (χ0v) is 18.7. The monoisotopic (exact) mass is 418 g/mol. The summed E-state index contributed by atoms with van der Waals surface area (Å²) in [7, 11) is -1.50. The van der Waals surface area contributed by atoms with Crippen molar-refractivity contribution in [2.75, 3.05) is 44.4 Å². The number of hydrogen-bond donors (Lipinski definition) is 0. The van der Waals surface area contributed by atoms with Crippen LogP contribution in [-0.2, 0) is 27.8 Å². The molecule has 8 heteroatoms. The maximum Gasteiger partial charge on any atom is 0.211 e. The van der Waals surface area contributed by atoms with Gasteiger partial charge in [-0.05, 0) is 31.9 Å². The van der Waals surface area contributed by atoms with E-state index in [1.165, 1.54) is 27.3 Å². The molecule has 2 aromatic rings. The molecule has 0 spiro atoms. The van der Waals surface area contributed by atoms with Crippen LogP contribution in [0.2, 0.25) is 0 Å². The molecule has 3 rings (SSSR count). The number of sulfonamides is 1. The van der Waals surface area contributed by atoms with Crippen LogP contribution < -0.4 is 4.90 Å². The molecule has 1 fully saturated rings. The topological polar surface area (TPSA) is 75.6 Å². The van der Waals surface area contributed by atoms with Crippen LogP contribution in [0.1, 0.15) is 33.8 Å². The number of piperazine rings is 1. The molecule has 1 aliphatic heterocycles. The lowest BCUT2D eigenvalue weighted by Gasteiger charge is -2.35. The molecule has 0 radical (unpaired) electrons. The van der Waals surface area contributed by atoms with Crippen molar-refractivity contribution in [1.82, 2.24) is 14.3 Å². The van der Waals surface area contributed by atoms with Crippen molar-refractivity contribution >= 4 is 15.8 Å². The molecule has 0 saturated carbocycles. The molecule has 0 bridgehead atoms. The van der Waals surface area contributed by atoms with Crippen molar-refractivity contribution in [1.29, 1.82) is 0 Å². The molecule has 1 aliphatic rings.